The lowest BCUT2D eigenvalue weighted by Gasteiger charge is -2.29. The molecule has 27 heavy (non-hydrogen) atoms. The zero-order valence-corrected chi connectivity index (χ0v) is 18.6. The van der Waals surface area contributed by atoms with E-state index in [1.807, 2.05) is 13.8 Å². The van der Waals surface area contributed by atoms with E-state index < -0.39 is 9.84 Å². The molecule has 0 aliphatic heterocycles. The molecule has 0 atom stereocenters. The Balaban J connectivity index is 0.00000176. The first-order valence-corrected chi connectivity index (χ1v) is 11.7. The molecule has 0 N–H and O–H groups in total. The summed E-state index contributed by atoms with van der Waals surface area (Å²) in [5.74, 6) is -0.484. The van der Waals surface area contributed by atoms with Crippen molar-refractivity contribution in [1.82, 2.24) is 0 Å². The molecule has 1 aromatic rings. The third kappa shape index (κ3) is 5.27. The summed E-state index contributed by atoms with van der Waals surface area (Å²) >= 11 is 5.55. The van der Waals surface area contributed by atoms with Gasteiger partial charge in [-0.3, -0.25) is 9.59 Å². The Bertz CT molecular complexity index is 916. The van der Waals surface area contributed by atoms with Crippen LogP contribution in [0.5, 0.6) is 0 Å². The van der Waals surface area contributed by atoms with Gasteiger partial charge in [0.1, 0.15) is 4.21 Å². The number of hydrogen-bond donors (Lipinski definition) is 0. The number of alkyl halides is 1. The Kier molecular flexibility index (Phi) is 7.96. The number of Topliss-reactive ketones (excluding diaryl/α,β-unsaturated/α-hetero) is 2. The number of sulfone groups is 1. The molecule has 0 radical (unpaired) electrons. The molecule has 4 nitrogen and oxygen atoms in total. The Hall–Kier alpha value is -1.50. The molecule has 0 saturated heterocycles. The van der Waals surface area contributed by atoms with Crippen molar-refractivity contribution in [1.29, 1.82) is 0 Å². The molecular weight excluding hydrogens is 404 g/mol. The van der Waals surface area contributed by atoms with Crippen molar-refractivity contribution in [3.63, 3.8) is 0 Å². The Morgan fingerprint density at radius 3 is 2.33 bits per heavy atom. The maximum absolute atomic E-state index is 13.0. The van der Waals surface area contributed by atoms with E-state index in [0.29, 0.717) is 22.4 Å². The Morgan fingerprint density at radius 1 is 1.26 bits per heavy atom. The van der Waals surface area contributed by atoms with Crippen LogP contribution in [-0.4, -0.2) is 32.6 Å². The molecule has 1 aromatic heterocycles. The van der Waals surface area contributed by atoms with Crippen LogP contribution in [0.1, 0.15) is 52.8 Å². The molecule has 1 aliphatic carbocycles. The van der Waals surface area contributed by atoms with Crippen molar-refractivity contribution in [2.24, 2.45) is 5.41 Å². The van der Waals surface area contributed by atoms with E-state index in [-0.39, 0.29) is 33.2 Å². The van der Waals surface area contributed by atoms with Gasteiger partial charge in [0.15, 0.2) is 15.6 Å². The van der Waals surface area contributed by atoms with Crippen LogP contribution in [0.2, 0.25) is 0 Å². The van der Waals surface area contributed by atoms with E-state index in [9.17, 15) is 18.0 Å². The number of carbonyl (C=O) groups is 2. The van der Waals surface area contributed by atoms with Crippen LogP contribution in [0.4, 0.5) is 0 Å². The zero-order chi connectivity index (χ0) is 21.0. The van der Waals surface area contributed by atoms with Gasteiger partial charge in [-0.2, -0.15) is 0 Å². The van der Waals surface area contributed by atoms with Gasteiger partial charge in [0, 0.05) is 24.6 Å². The first-order valence-electron chi connectivity index (χ1n) is 8.28. The van der Waals surface area contributed by atoms with Gasteiger partial charge in [0.05, 0.1) is 10.4 Å². The van der Waals surface area contributed by atoms with Crippen LogP contribution in [0, 0.1) is 5.41 Å². The Labute approximate surface area is 170 Å². The van der Waals surface area contributed by atoms with Crippen molar-refractivity contribution in [2.75, 3.05) is 12.6 Å². The van der Waals surface area contributed by atoms with E-state index >= 15 is 0 Å². The van der Waals surface area contributed by atoms with Crippen LogP contribution in [0.3, 0.4) is 0 Å². The largest absolute Gasteiger partial charge is 0.294 e. The predicted molar refractivity (Wildman–Crippen MR) is 113 cm³/mol. The Morgan fingerprint density at radius 2 is 1.85 bits per heavy atom. The van der Waals surface area contributed by atoms with Crippen molar-refractivity contribution in [3.8, 4) is 0 Å². The van der Waals surface area contributed by atoms with E-state index in [1.165, 1.54) is 12.5 Å². The SMILES string of the molecule is C=C/C=C(\C=C/C)C(=O)c1sc(S(C)(=O)=O)c2c1CC(C)(C)CC2=O.CCl. The molecule has 1 aliphatic rings. The fourth-order valence-corrected chi connectivity index (χ4v) is 5.54. The highest BCUT2D eigenvalue weighted by Crippen LogP contribution is 2.43. The van der Waals surface area contributed by atoms with Crippen molar-refractivity contribution < 1.29 is 18.0 Å². The normalized spacial score (nSPS) is 16.5. The molecule has 2 rings (SSSR count). The summed E-state index contributed by atoms with van der Waals surface area (Å²) in [6.45, 7) is 9.31. The maximum atomic E-state index is 13.0. The highest BCUT2D eigenvalue weighted by Gasteiger charge is 2.39. The van der Waals surface area contributed by atoms with Gasteiger partial charge in [0.2, 0.25) is 5.78 Å². The minimum absolute atomic E-state index is 0.00443. The van der Waals surface area contributed by atoms with E-state index in [1.54, 1.807) is 25.2 Å². The zero-order valence-electron chi connectivity index (χ0n) is 16.3. The number of rotatable bonds is 5. The number of thiophene rings is 1. The third-order valence-electron chi connectivity index (χ3n) is 4.00. The van der Waals surface area contributed by atoms with Crippen LogP contribution in [0.15, 0.2) is 40.7 Å². The monoisotopic (exact) mass is 428 g/mol. The fourth-order valence-electron chi connectivity index (χ4n) is 3.05. The summed E-state index contributed by atoms with van der Waals surface area (Å²) in [7, 11) is -3.59. The quantitative estimate of drug-likeness (QED) is 0.285. The molecular formula is C20H25ClO4S2. The third-order valence-corrected chi connectivity index (χ3v) is 7.06. The van der Waals surface area contributed by atoms with E-state index in [4.69, 9.17) is 0 Å². The van der Waals surface area contributed by atoms with Gasteiger partial charge in [-0.25, -0.2) is 8.42 Å². The predicted octanol–water partition coefficient (Wildman–Crippen LogP) is 5.03. The van der Waals surface area contributed by atoms with E-state index in [2.05, 4.69) is 18.2 Å². The van der Waals surface area contributed by atoms with Gasteiger partial charge in [-0.05, 0) is 24.3 Å². The number of fused-ring (bicyclic) bond motifs is 1. The maximum Gasteiger partial charge on any atom is 0.203 e. The van der Waals surface area contributed by atoms with Crippen LogP contribution < -0.4 is 0 Å². The van der Waals surface area contributed by atoms with Gasteiger partial charge < -0.3 is 0 Å². The minimum atomic E-state index is -3.59. The molecule has 7 heteroatoms. The average molecular weight is 429 g/mol. The van der Waals surface area contributed by atoms with Crippen molar-refractivity contribution in [2.45, 2.75) is 37.8 Å². The van der Waals surface area contributed by atoms with E-state index in [0.717, 1.165) is 17.6 Å². The average Bonchev–Trinajstić information content (AvgIpc) is 2.94. The van der Waals surface area contributed by atoms with Gasteiger partial charge in [-0.1, -0.05) is 44.7 Å². The topological polar surface area (TPSA) is 68.3 Å². The molecule has 0 spiro atoms. The summed E-state index contributed by atoms with van der Waals surface area (Å²) in [5, 5.41) is 0. The molecule has 0 unspecified atom stereocenters. The second kappa shape index (κ2) is 9.13. The lowest BCUT2D eigenvalue weighted by Crippen LogP contribution is -2.28. The summed E-state index contributed by atoms with van der Waals surface area (Å²) in [6.07, 6.45) is 9.82. The highest BCUT2D eigenvalue weighted by atomic mass is 35.5. The first-order chi connectivity index (χ1) is 12.5. The lowest BCUT2D eigenvalue weighted by atomic mass is 9.74. The molecule has 0 aromatic carbocycles. The smallest absolute Gasteiger partial charge is 0.203 e. The van der Waals surface area contributed by atoms with Crippen LogP contribution >= 0.6 is 22.9 Å². The highest BCUT2D eigenvalue weighted by molar-refractivity contribution is 7.92. The van der Waals surface area contributed by atoms with Crippen molar-refractivity contribution in [3.05, 3.63) is 52.5 Å². The standard InChI is InChI=1S/C19H22O4S2.CH3Cl/c1-6-8-12(9-7-2)16(21)17-13-10-19(3,4)11-14(20)15(13)18(24-17)25(5,22)23;1-2/h6-9H,1,10-11H2,2-5H3;1H3/b9-7-,12-8+;. The number of hydrogen-bond acceptors (Lipinski definition) is 5. The summed E-state index contributed by atoms with van der Waals surface area (Å²) < 4.78 is 24.3. The summed E-state index contributed by atoms with van der Waals surface area (Å²) in [5.41, 5.74) is 0.889. The number of halogens is 1. The van der Waals surface area contributed by atoms with Gasteiger partial charge >= 0.3 is 0 Å². The molecule has 0 bridgehead atoms. The summed E-state index contributed by atoms with van der Waals surface area (Å²) in [6, 6.07) is 0. The number of allylic oxidation sites excluding steroid dienone is 5. The minimum Gasteiger partial charge on any atom is -0.294 e. The number of carbonyl (C=O) groups excluding carboxylic acids is 2. The van der Waals surface area contributed by atoms with Crippen molar-refractivity contribution >= 4 is 44.3 Å². The molecule has 0 fully saturated rings. The molecule has 0 amide bonds. The van der Waals surface area contributed by atoms with Gasteiger partial charge in [0.25, 0.3) is 0 Å². The number of ketones is 2. The molecule has 0 saturated carbocycles. The summed E-state index contributed by atoms with van der Waals surface area (Å²) in [4.78, 5) is 25.9. The second-order valence-corrected chi connectivity index (χ2v) is 10.2. The van der Waals surface area contributed by atoms with Crippen LogP contribution in [0.25, 0.3) is 0 Å². The first kappa shape index (κ1) is 23.5. The molecule has 148 valence electrons. The molecule has 1 heterocycles. The van der Waals surface area contributed by atoms with Gasteiger partial charge in [-0.15, -0.1) is 22.9 Å². The lowest BCUT2D eigenvalue weighted by molar-refractivity contribution is 0.0909. The van der Waals surface area contributed by atoms with Crippen LogP contribution in [-0.2, 0) is 16.3 Å². The fraction of sp³-hybridized carbons (Fsp3) is 0.400. The second-order valence-electron chi connectivity index (χ2n) is 6.97.